The van der Waals surface area contributed by atoms with Crippen molar-refractivity contribution in [3.63, 3.8) is 0 Å². The van der Waals surface area contributed by atoms with Crippen LogP contribution < -0.4 is 10.2 Å². The molecule has 8 nitrogen and oxygen atoms in total. The maximum Gasteiger partial charge on any atom is 0.274 e. The summed E-state index contributed by atoms with van der Waals surface area (Å²) < 4.78 is 41.5. The number of hydrogen-bond acceptors (Lipinski definition) is 7. The number of aromatic nitrogens is 3. The van der Waals surface area contributed by atoms with E-state index >= 15 is 0 Å². The van der Waals surface area contributed by atoms with Gasteiger partial charge in [0.2, 0.25) is 5.43 Å². The van der Waals surface area contributed by atoms with Gasteiger partial charge in [0.1, 0.15) is 23.2 Å². The molecule has 4 aromatic rings. The standard InChI is InChI=1S/C31H30F2N4O4S/c1-19(2)36-18-31(10-12-40-13-11-31)37-16-23(29-35-34-25(42-29)14-21-8-9-22(32)15-24(21)33)27(38)28(26(37)30(36)39)41-17-20-6-4-3-5-7-20/h3-9,15-16,19H,10-14,17-18H2,1-2H3. The summed E-state index contributed by atoms with van der Waals surface area (Å²) >= 11 is 1.15. The summed E-state index contributed by atoms with van der Waals surface area (Å²) in [5.74, 6) is -1.63. The van der Waals surface area contributed by atoms with Gasteiger partial charge in [0.25, 0.3) is 5.91 Å². The molecule has 218 valence electrons. The third-order valence-electron chi connectivity index (χ3n) is 7.93. The van der Waals surface area contributed by atoms with E-state index in [2.05, 4.69) is 10.2 Å². The highest BCUT2D eigenvalue weighted by molar-refractivity contribution is 7.14. The molecule has 0 bridgehead atoms. The summed E-state index contributed by atoms with van der Waals surface area (Å²) in [5, 5.41) is 9.28. The zero-order valence-corrected chi connectivity index (χ0v) is 24.1. The van der Waals surface area contributed by atoms with Crippen molar-refractivity contribution >= 4 is 17.2 Å². The fourth-order valence-electron chi connectivity index (χ4n) is 5.61. The molecule has 1 spiro atoms. The van der Waals surface area contributed by atoms with Crippen molar-refractivity contribution in [3.8, 4) is 16.3 Å². The molecule has 2 aromatic heterocycles. The number of ether oxygens (including phenoxy) is 2. The average molecular weight is 593 g/mol. The van der Waals surface area contributed by atoms with Crippen LogP contribution in [0.5, 0.6) is 5.75 Å². The molecule has 2 aliphatic rings. The van der Waals surface area contributed by atoms with E-state index < -0.39 is 22.6 Å². The number of fused-ring (bicyclic) bond motifs is 2. The second kappa shape index (κ2) is 11.4. The highest BCUT2D eigenvalue weighted by Crippen LogP contribution is 2.40. The van der Waals surface area contributed by atoms with Crippen molar-refractivity contribution in [1.82, 2.24) is 19.7 Å². The van der Waals surface area contributed by atoms with Crippen LogP contribution in [0.3, 0.4) is 0 Å². The minimum absolute atomic E-state index is 0.0288. The Balaban J connectivity index is 1.48. The molecule has 0 atom stereocenters. The van der Waals surface area contributed by atoms with Gasteiger partial charge in [-0.25, -0.2) is 8.78 Å². The molecule has 0 aliphatic carbocycles. The molecule has 4 heterocycles. The van der Waals surface area contributed by atoms with E-state index in [1.807, 2.05) is 48.7 Å². The van der Waals surface area contributed by atoms with Crippen LogP contribution in [-0.2, 0) is 23.3 Å². The van der Waals surface area contributed by atoms with Gasteiger partial charge in [-0.2, -0.15) is 0 Å². The first kappa shape index (κ1) is 28.2. The van der Waals surface area contributed by atoms with Gasteiger partial charge >= 0.3 is 0 Å². The lowest BCUT2D eigenvalue weighted by molar-refractivity contribution is -0.0131. The number of nitrogens with zero attached hydrogens (tertiary/aromatic N) is 4. The first-order chi connectivity index (χ1) is 20.3. The second-order valence-corrected chi connectivity index (χ2v) is 12.0. The number of pyridine rings is 1. The van der Waals surface area contributed by atoms with Gasteiger partial charge in [-0.15, -0.1) is 10.2 Å². The van der Waals surface area contributed by atoms with Crippen molar-refractivity contribution in [3.05, 3.63) is 98.4 Å². The zero-order chi connectivity index (χ0) is 29.4. The lowest BCUT2D eigenvalue weighted by Crippen LogP contribution is -2.58. The topological polar surface area (TPSA) is 86.6 Å². The second-order valence-electron chi connectivity index (χ2n) is 11.0. The monoisotopic (exact) mass is 592 g/mol. The van der Waals surface area contributed by atoms with Crippen molar-refractivity contribution in [2.45, 2.75) is 51.3 Å². The molecule has 1 amide bonds. The van der Waals surface area contributed by atoms with Gasteiger partial charge < -0.3 is 18.9 Å². The van der Waals surface area contributed by atoms with Crippen LogP contribution in [0.1, 0.15) is 53.3 Å². The Morgan fingerprint density at radius 3 is 2.55 bits per heavy atom. The van der Waals surface area contributed by atoms with E-state index in [0.717, 1.165) is 23.0 Å². The first-order valence-electron chi connectivity index (χ1n) is 13.9. The van der Waals surface area contributed by atoms with Crippen molar-refractivity contribution in [1.29, 1.82) is 0 Å². The molecule has 6 rings (SSSR count). The maximum atomic E-state index is 14.3. The molecule has 2 aliphatic heterocycles. The summed E-state index contributed by atoms with van der Waals surface area (Å²) in [6.07, 6.45) is 3.11. The minimum Gasteiger partial charge on any atom is -0.483 e. The number of carbonyl (C=O) groups is 1. The van der Waals surface area contributed by atoms with Gasteiger partial charge in [-0.05, 0) is 43.9 Å². The van der Waals surface area contributed by atoms with Crippen LogP contribution >= 0.6 is 11.3 Å². The Labute approximate surface area is 245 Å². The zero-order valence-electron chi connectivity index (χ0n) is 23.3. The Kier molecular flexibility index (Phi) is 7.63. The maximum absolute atomic E-state index is 14.3. The van der Waals surface area contributed by atoms with E-state index in [9.17, 15) is 18.4 Å². The largest absolute Gasteiger partial charge is 0.483 e. The minimum atomic E-state index is -0.674. The molecular formula is C31H30F2N4O4S. The molecule has 1 saturated heterocycles. The number of halogens is 2. The van der Waals surface area contributed by atoms with Gasteiger partial charge in [-0.1, -0.05) is 47.7 Å². The Hall–Kier alpha value is -3.96. The van der Waals surface area contributed by atoms with Crippen LogP contribution in [0, 0.1) is 11.6 Å². The van der Waals surface area contributed by atoms with Crippen LogP contribution in [-0.4, -0.2) is 51.4 Å². The van der Waals surface area contributed by atoms with Crippen molar-refractivity contribution in [2.24, 2.45) is 0 Å². The van der Waals surface area contributed by atoms with E-state index in [1.165, 1.54) is 12.1 Å². The molecule has 42 heavy (non-hydrogen) atoms. The van der Waals surface area contributed by atoms with E-state index in [4.69, 9.17) is 9.47 Å². The molecule has 2 aromatic carbocycles. The Bertz CT molecular complexity index is 1680. The number of amides is 1. The van der Waals surface area contributed by atoms with Crippen molar-refractivity contribution < 1.29 is 23.0 Å². The Morgan fingerprint density at radius 2 is 1.83 bits per heavy atom. The third kappa shape index (κ3) is 5.22. The lowest BCUT2D eigenvalue weighted by Gasteiger charge is -2.49. The van der Waals surface area contributed by atoms with Gasteiger partial charge in [0.05, 0.1) is 11.1 Å². The number of carbonyl (C=O) groups excluding carboxylic acids is 1. The summed E-state index contributed by atoms with van der Waals surface area (Å²) in [6.45, 7) is 5.55. The van der Waals surface area contributed by atoms with Crippen molar-refractivity contribution in [2.75, 3.05) is 19.8 Å². The van der Waals surface area contributed by atoms with E-state index in [0.29, 0.717) is 42.6 Å². The van der Waals surface area contributed by atoms with Crippen LogP contribution in [0.4, 0.5) is 8.78 Å². The summed E-state index contributed by atoms with van der Waals surface area (Å²) in [5.41, 5.74) is 0.638. The fraction of sp³-hybridized carbons (Fsp3) is 0.355. The highest BCUT2D eigenvalue weighted by atomic mass is 32.1. The highest BCUT2D eigenvalue weighted by Gasteiger charge is 2.46. The molecular weight excluding hydrogens is 562 g/mol. The fourth-order valence-corrected chi connectivity index (χ4v) is 6.48. The van der Waals surface area contributed by atoms with Gasteiger partial charge in [0, 0.05) is 44.5 Å². The molecule has 0 saturated carbocycles. The lowest BCUT2D eigenvalue weighted by atomic mass is 9.85. The summed E-state index contributed by atoms with van der Waals surface area (Å²) in [6, 6.07) is 12.7. The average Bonchev–Trinajstić information content (AvgIpc) is 3.45. The Morgan fingerprint density at radius 1 is 1.07 bits per heavy atom. The first-order valence-corrected chi connectivity index (χ1v) is 14.7. The van der Waals surface area contributed by atoms with E-state index in [1.54, 1.807) is 11.1 Å². The summed E-state index contributed by atoms with van der Waals surface area (Å²) in [4.78, 5) is 29.9. The molecule has 11 heteroatoms. The van der Waals surface area contributed by atoms with Crippen LogP contribution in [0.15, 0.2) is 59.5 Å². The normalized spacial score (nSPS) is 16.2. The molecule has 0 unspecified atom stereocenters. The third-order valence-corrected chi connectivity index (χ3v) is 8.89. The van der Waals surface area contributed by atoms with Gasteiger partial charge in [-0.3, -0.25) is 9.59 Å². The molecule has 0 radical (unpaired) electrons. The quantitative estimate of drug-likeness (QED) is 0.294. The predicted molar refractivity (Wildman–Crippen MR) is 154 cm³/mol. The number of hydrogen-bond donors (Lipinski definition) is 0. The predicted octanol–water partition coefficient (Wildman–Crippen LogP) is 5.18. The SMILES string of the molecule is CC(C)N1CC2(CCOCC2)n2cc(-c3nnc(Cc4ccc(F)cc4F)s3)c(=O)c(OCc3ccccc3)c2C1=O. The molecule has 1 fully saturated rings. The van der Waals surface area contributed by atoms with E-state index in [-0.39, 0.29) is 47.5 Å². The van der Waals surface area contributed by atoms with Crippen LogP contribution in [0.2, 0.25) is 0 Å². The smallest absolute Gasteiger partial charge is 0.274 e. The summed E-state index contributed by atoms with van der Waals surface area (Å²) in [7, 11) is 0. The van der Waals surface area contributed by atoms with Crippen LogP contribution in [0.25, 0.3) is 10.6 Å². The number of benzene rings is 2. The van der Waals surface area contributed by atoms with Gasteiger partial charge in [0.15, 0.2) is 16.5 Å². The number of rotatable bonds is 7. The molecule has 0 N–H and O–H groups in total.